The van der Waals surface area contributed by atoms with E-state index in [4.69, 9.17) is 4.74 Å². The van der Waals surface area contributed by atoms with E-state index in [9.17, 15) is 13.2 Å². The standard InChI is InChI=1S/C18H23N3O4S/c1-4-25-17-11-14(9-10-19-17)12-20-18(22)15-5-7-16(8-6-15)26(23,24)21-13(2)3/h5-11,13,21H,4,12H2,1-3H3,(H,20,22). The Morgan fingerprint density at radius 3 is 2.50 bits per heavy atom. The van der Waals surface area contributed by atoms with Gasteiger partial charge in [0.2, 0.25) is 15.9 Å². The predicted octanol–water partition coefficient (Wildman–Crippen LogP) is 2.10. The molecule has 0 radical (unpaired) electrons. The Bertz CT molecular complexity index is 849. The van der Waals surface area contributed by atoms with Crippen LogP contribution in [0.3, 0.4) is 0 Å². The number of aromatic nitrogens is 1. The molecule has 2 N–H and O–H groups in total. The fraction of sp³-hybridized carbons (Fsp3) is 0.333. The summed E-state index contributed by atoms with van der Waals surface area (Å²) >= 11 is 0. The van der Waals surface area contributed by atoms with Gasteiger partial charge in [-0.1, -0.05) is 0 Å². The van der Waals surface area contributed by atoms with Crippen LogP contribution in [0.5, 0.6) is 5.88 Å². The number of carbonyl (C=O) groups excluding carboxylic acids is 1. The van der Waals surface area contributed by atoms with Gasteiger partial charge in [0.1, 0.15) is 0 Å². The molecule has 0 atom stereocenters. The number of nitrogens with one attached hydrogen (secondary N) is 2. The van der Waals surface area contributed by atoms with Gasteiger partial charge in [-0.15, -0.1) is 0 Å². The number of benzene rings is 1. The highest BCUT2D eigenvalue weighted by atomic mass is 32.2. The molecule has 0 aliphatic rings. The normalized spacial score (nSPS) is 11.4. The zero-order valence-corrected chi connectivity index (χ0v) is 15.8. The molecule has 0 bridgehead atoms. The average molecular weight is 377 g/mol. The van der Waals surface area contributed by atoms with Gasteiger partial charge in [0.15, 0.2) is 0 Å². The second-order valence-corrected chi connectivity index (χ2v) is 7.63. The quantitative estimate of drug-likeness (QED) is 0.734. The number of nitrogens with zero attached hydrogens (tertiary/aromatic N) is 1. The minimum absolute atomic E-state index is 0.123. The van der Waals surface area contributed by atoms with Crippen LogP contribution in [0, 0.1) is 0 Å². The van der Waals surface area contributed by atoms with E-state index in [1.807, 2.05) is 6.92 Å². The van der Waals surface area contributed by atoms with Gasteiger partial charge < -0.3 is 10.1 Å². The summed E-state index contributed by atoms with van der Waals surface area (Å²) in [7, 11) is -3.57. The zero-order chi connectivity index (χ0) is 19.2. The van der Waals surface area contributed by atoms with Gasteiger partial charge in [-0.05, 0) is 56.7 Å². The van der Waals surface area contributed by atoms with Crippen molar-refractivity contribution >= 4 is 15.9 Å². The maximum absolute atomic E-state index is 12.2. The zero-order valence-electron chi connectivity index (χ0n) is 15.0. The third-order valence-corrected chi connectivity index (χ3v) is 5.04. The Balaban J connectivity index is 2.01. The number of hydrogen-bond donors (Lipinski definition) is 2. The highest BCUT2D eigenvalue weighted by molar-refractivity contribution is 7.89. The summed E-state index contributed by atoms with van der Waals surface area (Å²) in [5.74, 6) is 0.215. The van der Waals surface area contributed by atoms with Crippen LogP contribution in [0.2, 0.25) is 0 Å². The van der Waals surface area contributed by atoms with Gasteiger partial charge >= 0.3 is 0 Å². The molecular formula is C18H23N3O4S. The first-order valence-corrected chi connectivity index (χ1v) is 9.78. The number of sulfonamides is 1. The molecule has 8 heteroatoms. The molecule has 0 saturated carbocycles. The summed E-state index contributed by atoms with van der Waals surface area (Å²) in [6, 6.07) is 9.15. The van der Waals surface area contributed by atoms with Crippen LogP contribution in [-0.4, -0.2) is 32.0 Å². The lowest BCUT2D eigenvalue weighted by Gasteiger charge is -2.10. The molecule has 2 aromatic rings. The van der Waals surface area contributed by atoms with E-state index in [1.54, 1.807) is 32.2 Å². The highest BCUT2D eigenvalue weighted by Gasteiger charge is 2.16. The molecule has 0 saturated heterocycles. The summed E-state index contributed by atoms with van der Waals surface area (Å²) in [6.45, 7) is 6.20. The van der Waals surface area contributed by atoms with Crippen LogP contribution < -0.4 is 14.8 Å². The number of carbonyl (C=O) groups is 1. The maximum Gasteiger partial charge on any atom is 0.251 e. The Morgan fingerprint density at radius 1 is 1.19 bits per heavy atom. The van der Waals surface area contributed by atoms with Crippen molar-refractivity contribution in [1.29, 1.82) is 0 Å². The number of amides is 1. The van der Waals surface area contributed by atoms with Crippen LogP contribution in [0.1, 0.15) is 36.7 Å². The largest absolute Gasteiger partial charge is 0.478 e. The van der Waals surface area contributed by atoms with Crippen LogP contribution in [0.25, 0.3) is 0 Å². The first-order chi connectivity index (χ1) is 12.3. The lowest BCUT2D eigenvalue weighted by molar-refractivity contribution is 0.0950. The average Bonchev–Trinajstić information content (AvgIpc) is 2.59. The van der Waals surface area contributed by atoms with E-state index in [0.717, 1.165) is 5.56 Å². The Kier molecular flexibility index (Phi) is 6.70. The smallest absolute Gasteiger partial charge is 0.251 e. The maximum atomic E-state index is 12.2. The summed E-state index contributed by atoms with van der Waals surface area (Å²) in [5, 5.41) is 2.79. The van der Waals surface area contributed by atoms with Gasteiger partial charge in [-0.3, -0.25) is 4.79 Å². The van der Waals surface area contributed by atoms with Gasteiger partial charge in [-0.2, -0.15) is 0 Å². The lowest BCUT2D eigenvalue weighted by atomic mass is 10.2. The van der Waals surface area contributed by atoms with Crippen LogP contribution in [0.4, 0.5) is 0 Å². The van der Waals surface area contributed by atoms with Crippen LogP contribution in [-0.2, 0) is 16.6 Å². The Morgan fingerprint density at radius 2 is 1.88 bits per heavy atom. The molecule has 2 rings (SSSR count). The second kappa shape index (κ2) is 8.77. The van der Waals surface area contributed by atoms with E-state index in [-0.39, 0.29) is 16.8 Å². The summed E-state index contributed by atoms with van der Waals surface area (Å²) in [5.41, 5.74) is 1.24. The molecule has 0 fully saturated rings. The highest BCUT2D eigenvalue weighted by Crippen LogP contribution is 2.12. The summed E-state index contributed by atoms with van der Waals surface area (Å²) < 4.78 is 32.0. The lowest BCUT2D eigenvalue weighted by Crippen LogP contribution is -2.30. The molecular weight excluding hydrogens is 354 g/mol. The summed E-state index contributed by atoms with van der Waals surface area (Å²) in [6.07, 6.45) is 1.62. The van der Waals surface area contributed by atoms with Crippen molar-refractivity contribution in [2.24, 2.45) is 0 Å². The van der Waals surface area contributed by atoms with Crippen molar-refractivity contribution in [2.75, 3.05) is 6.61 Å². The predicted molar refractivity (Wildman–Crippen MR) is 98.5 cm³/mol. The topological polar surface area (TPSA) is 97.4 Å². The molecule has 0 aliphatic heterocycles. The molecule has 1 amide bonds. The molecule has 0 aliphatic carbocycles. The van der Waals surface area contributed by atoms with Gasteiger partial charge in [0.05, 0.1) is 11.5 Å². The molecule has 140 valence electrons. The second-order valence-electron chi connectivity index (χ2n) is 5.92. The van der Waals surface area contributed by atoms with Crippen molar-refractivity contribution < 1.29 is 17.9 Å². The monoisotopic (exact) mass is 377 g/mol. The van der Waals surface area contributed by atoms with E-state index >= 15 is 0 Å². The van der Waals surface area contributed by atoms with Crippen LogP contribution >= 0.6 is 0 Å². The minimum atomic E-state index is -3.57. The van der Waals surface area contributed by atoms with Gasteiger partial charge in [0.25, 0.3) is 5.91 Å². The first kappa shape index (κ1) is 19.9. The van der Waals surface area contributed by atoms with Crippen molar-refractivity contribution in [2.45, 2.75) is 38.3 Å². The first-order valence-electron chi connectivity index (χ1n) is 8.30. The van der Waals surface area contributed by atoms with Crippen molar-refractivity contribution in [3.05, 3.63) is 53.7 Å². The van der Waals surface area contributed by atoms with Crippen molar-refractivity contribution in [3.63, 3.8) is 0 Å². The molecule has 0 unspecified atom stereocenters. The molecule has 0 spiro atoms. The Hall–Kier alpha value is -2.45. The van der Waals surface area contributed by atoms with E-state index < -0.39 is 10.0 Å². The molecule has 1 aromatic heterocycles. The SMILES string of the molecule is CCOc1cc(CNC(=O)c2ccc(S(=O)(=O)NC(C)C)cc2)ccn1. The van der Waals surface area contributed by atoms with Gasteiger partial charge in [-0.25, -0.2) is 18.1 Å². The third-order valence-electron chi connectivity index (χ3n) is 3.36. The molecule has 7 nitrogen and oxygen atoms in total. The minimum Gasteiger partial charge on any atom is -0.478 e. The number of rotatable bonds is 8. The molecule has 26 heavy (non-hydrogen) atoms. The summed E-state index contributed by atoms with van der Waals surface area (Å²) in [4.78, 5) is 16.4. The number of ether oxygens (including phenoxy) is 1. The van der Waals surface area contributed by atoms with Gasteiger partial charge in [0, 0.05) is 30.4 Å². The molecule has 1 heterocycles. The fourth-order valence-electron chi connectivity index (χ4n) is 2.24. The van der Waals surface area contributed by atoms with Crippen molar-refractivity contribution in [1.82, 2.24) is 15.0 Å². The van der Waals surface area contributed by atoms with E-state index in [0.29, 0.717) is 24.6 Å². The van der Waals surface area contributed by atoms with E-state index in [2.05, 4.69) is 15.0 Å². The van der Waals surface area contributed by atoms with Crippen LogP contribution in [0.15, 0.2) is 47.5 Å². The Labute approximate surface area is 153 Å². The van der Waals surface area contributed by atoms with Crippen molar-refractivity contribution in [3.8, 4) is 5.88 Å². The fourth-order valence-corrected chi connectivity index (χ4v) is 3.49. The number of pyridine rings is 1. The number of hydrogen-bond acceptors (Lipinski definition) is 5. The van der Waals surface area contributed by atoms with E-state index in [1.165, 1.54) is 24.3 Å². The third kappa shape index (κ3) is 5.53. The molecule has 1 aromatic carbocycles.